The molecule has 0 aromatic heterocycles. The van der Waals surface area contributed by atoms with Crippen molar-refractivity contribution in [3.8, 4) is 5.75 Å². The number of ether oxygens (including phenoxy) is 1. The lowest BCUT2D eigenvalue weighted by Gasteiger charge is -2.12. The van der Waals surface area contributed by atoms with Gasteiger partial charge in [-0.15, -0.1) is 0 Å². The Morgan fingerprint density at radius 2 is 1.71 bits per heavy atom. The topological polar surface area (TPSA) is 21.3 Å². The minimum Gasteiger partial charge on any atom is -0.494 e. The number of anilines is 2. The van der Waals surface area contributed by atoms with Crippen molar-refractivity contribution >= 4 is 11.4 Å². The summed E-state index contributed by atoms with van der Waals surface area (Å²) in [5.74, 6) is 0.771. The molecule has 1 N–H and O–H groups in total. The molecule has 0 spiro atoms. The summed E-state index contributed by atoms with van der Waals surface area (Å²) in [6.07, 6.45) is -4.31. The summed E-state index contributed by atoms with van der Waals surface area (Å²) in [7, 11) is 0. The molecule has 2 aromatic rings. The average Bonchev–Trinajstić information content (AvgIpc) is 2.42. The first-order chi connectivity index (χ1) is 9.90. The van der Waals surface area contributed by atoms with Gasteiger partial charge in [-0.05, 0) is 61.9 Å². The van der Waals surface area contributed by atoms with Gasteiger partial charge in [0.15, 0.2) is 0 Å². The predicted octanol–water partition coefficient (Wildman–Crippen LogP) is 5.16. The Labute approximate surface area is 121 Å². The van der Waals surface area contributed by atoms with Crippen molar-refractivity contribution in [2.45, 2.75) is 20.0 Å². The summed E-state index contributed by atoms with van der Waals surface area (Å²) in [5, 5.41) is 3.10. The second-order valence-electron chi connectivity index (χ2n) is 4.61. The van der Waals surface area contributed by atoms with Crippen LogP contribution in [0.1, 0.15) is 18.1 Å². The van der Waals surface area contributed by atoms with Gasteiger partial charge in [0.25, 0.3) is 0 Å². The van der Waals surface area contributed by atoms with Crippen LogP contribution in [0.25, 0.3) is 0 Å². The van der Waals surface area contributed by atoms with Crippen molar-refractivity contribution in [2.75, 3.05) is 11.9 Å². The summed E-state index contributed by atoms with van der Waals surface area (Å²) < 4.78 is 42.9. The van der Waals surface area contributed by atoms with Crippen molar-refractivity contribution in [3.63, 3.8) is 0 Å². The Morgan fingerprint density at radius 3 is 2.24 bits per heavy atom. The minimum atomic E-state index is -4.31. The van der Waals surface area contributed by atoms with E-state index in [1.165, 1.54) is 12.1 Å². The average molecular weight is 295 g/mol. The Hall–Kier alpha value is -2.17. The van der Waals surface area contributed by atoms with Crippen LogP contribution < -0.4 is 10.1 Å². The summed E-state index contributed by atoms with van der Waals surface area (Å²) in [6.45, 7) is 4.41. The summed E-state index contributed by atoms with van der Waals surface area (Å²) in [6, 6.07) is 10.5. The maximum atomic E-state index is 12.5. The highest BCUT2D eigenvalue weighted by Crippen LogP contribution is 2.31. The largest absolute Gasteiger partial charge is 0.494 e. The van der Waals surface area contributed by atoms with E-state index in [-0.39, 0.29) is 0 Å². The molecule has 2 rings (SSSR count). The molecule has 0 aliphatic rings. The van der Waals surface area contributed by atoms with E-state index in [9.17, 15) is 13.2 Å². The van der Waals surface area contributed by atoms with Crippen LogP contribution in [-0.4, -0.2) is 6.61 Å². The molecule has 0 fully saturated rings. The van der Waals surface area contributed by atoms with E-state index < -0.39 is 11.7 Å². The molecule has 5 heteroatoms. The van der Waals surface area contributed by atoms with Crippen LogP contribution in [0, 0.1) is 6.92 Å². The van der Waals surface area contributed by atoms with Crippen molar-refractivity contribution in [2.24, 2.45) is 0 Å². The van der Waals surface area contributed by atoms with Gasteiger partial charge in [0.05, 0.1) is 12.2 Å². The monoisotopic (exact) mass is 295 g/mol. The van der Waals surface area contributed by atoms with Crippen LogP contribution in [0.4, 0.5) is 24.5 Å². The van der Waals surface area contributed by atoms with Gasteiger partial charge in [-0.3, -0.25) is 0 Å². The highest BCUT2D eigenvalue weighted by Gasteiger charge is 2.29. The van der Waals surface area contributed by atoms with Crippen molar-refractivity contribution in [1.82, 2.24) is 0 Å². The van der Waals surface area contributed by atoms with Crippen LogP contribution in [0.3, 0.4) is 0 Å². The zero-order chi connectivity index (χ0) is 15.5. The molecule has 21 heavy (non-hydrogen) atoms. The molecule has 0 bridgehead atoms. The zero-order valence-corrected chi connectivity index (χ0v) is 11.8. The normalized spacial score (nSPS) is 11.3. The van der Waals surface area contributed by atoms with Crippen LogP contribution in [-0.2, 0) is 6.18 Å². The molecular weight excluding hydrogens is 279 g/mol. The fourth-order valence-corrected chi connectivity index (χ4v) is 1.93. The van der Waals surface area contributed by atoms with E-state index in [0.29, 0.717) is 12.3 Å². The second-order valence-corrected chi connectivity index (χ2v) is 4.61. The molecule has 0 amide bonds. The van der Waals surface area contributed by atoms with Crippen LogP contribution >= 0.6 is 0 Å². The first kappa shape index (κ1) is 15.2. The summed E-state index contributed by atoms with van der Waals surface area (Å²) >= 11 is 0. The predicted molar refractivity (Wildman–Crippen MR) is 77.1 cm³/mol. The van der Waals surface area contributed by atoms with E-state index >= 15 is 0 Å². The highest BCUT2D eigenvalue weighted by atomic mass is 19.4. The minimum absolute atomic E-state index is 0.588. The molecule has 112 valence electrons. The molecule has 0 heterocycles. The molecule has 2 aromatic carbocycles. The zero-order valence-electron chi connectivity index (χ0n) is 11.8. The number of aryl methyl sites for hydroxylation is 1. The molecule has 0 aliphatic heterocycles. The number of alkyl halides is 3. The molecule has 0 saturated carbocycles. The number of benzene rings is 2. The molecule has 0 aliphatic carbocycles. The van der Waals surface area contributed by atoms with E-state index in [1.807, 2.05) is 32.0 Å². The van der Waals surface area contributed by atoms with Crippen LogP contribution in [0.5, 0.6) is 5.75 Å². The smallest absolute Gasteiger partial charge is 0.416 e. The Bertz CT molecular complexity index is 606. The third kappa shape index (κ3) is 3.90. The van der Waals surface area contributed by atoms with E-state index in [2.05, 4.69) is 5.32 Å². The molecule has 0 unspecified atom stereocenters. The lowest BCUT2D eigenvalue weighted by molar-refractivity contribution is -0.137. The number of hydrogen-bond donors (Lipinski definition) is 1. The second kappa shape index (κ2) is 6.08. The quantitative estimate of drug-likeness (QED) is 0.841. The summed E-state index contributed by atoms with van der Waals surface area (Å²) in [5.41, 5.74) is 1.74. The van der Waals surface area contributed by atoms with Gasteiger partial charge >= 0.3 is 6.18 Å². The first-order valence-corrected chi connectivity index (χ1v) is 6.58. The fourth-order valence-electron chi connectivity index (χ4n) is 1.93. The maximum absolute atomic E-state index is 12.5. The van der Waals surface area contributed by atoms with Gasteiger partial charge in [0, 0.05) is 11.4 Å². The highest BCUT2D eigenvalue weighted by molar-refractivity contribution is 5.64. The van der Waals surface area contributed by atoms with E-state index in [4.69, 9.17) is 4.74 Å². The Kier molecular flexibility index (Phi) is 4.40. The van der Waals surface area contributed by atoms with Gasteiger partial charge in [-0.25, -0.2) is 0 Å². The van der Waals surface area contributed by atoms with Gasteiger partial charge in [0.1, 0.15) is 5.75 Å². The molecule has 0 atom stereocenters. The molecule has 2 nitrogen and oxygen atoms in total. The fraction of sp³-hybridized carbons (Fsp3) is 0.250. The SMILES string of the molecule is CCOc1ccc(Nc2ccc(C(F)(F)F)cc2)c(C)c1. The van der Waals surface area contributed by atoms with Crippen molar-refractivity contribution < 1.29 is 17.9 Å². The van der Waals surface area contributed by atoms with Crippen LogP contribution in [0.2, 0.25) is 0 Å². The lowest BCUT2D eigenvalue weighted by Crippen LogP contribution is -2.04. The van der Waals surface area contributed by atoms with Gasteiger partial charge < -0.3 is 10.1 Å². The van der Waals surface area contributed by atoms with Gasteiger partial charge in [0.2, 0.25) is 0 Å². The molecular formula is C16H16F3NO. The van der Waals surface area contributed by atoms with E-state index in [0.717, 1.165) is 29.1 Å². The molecule has 0 radical (unpaired) electrons. The van der Waals surface area contributed by atoms with Crippen LogP contribution in [0.15, 0.2) is 42.5 Å². The standard InChI is InChI=1S/C16H16F3NO/c1-3-21-14-8-9-15(11(2)10-14)20-13-6-4-12(5-7-13)16(17,18)19/h4-10,20H,3H2,1-2H3. The maximum Gasteiger partial charge on any atom is 0.416 e. The lowest BCUT2D eigenvalue weighted by atomic mass is 10.1. The van der Waals surface area contributed by atoms with Crippen molar-refractivity contribution in [1.29, 1.82) is 0 Å². The van der Waals surface area contributed by atoms with Crippen molar-refractivity contribution in [3.05, 3.63) is 53.6 Å². The third-order valence-corrected chi connectivity index (χ3v) is 3.00. The Balaban J connectivity index is 2.15. The number of halogens is 3. The third-order valence-electron chi connectivity index (χ3n) is 3.00. The summed E-state index contributed by atoms with van der Waals surface area (Å²) in [4.78, 5) is 0. The first-order valence-electron chi connectivity index (χ1n) is 6.58. The number of rotatable bonds is 4. The molecule has 0 saturated heterocycles. The number of hydrogen-bond acceptors (Lipinski definition) is 2. The van der Waals surface area contributed by atoms with E-state index in [1.54, 1.807) is 0 Å². The Morgan fingerprint density at radius 1 is 1.05 bits per heavy atom. The van der Waals surface area contributed by atoms with Gasteiger partial charge in [-0.1, -0.05) is 0 Å². The number of nitrogens with one attached hydrogen (secondary N) is 1. The van der Waals surface area contributed by atoms with Gasteiger partial charge in [-0.2, -0.15) is 13.2 Å².